The Morgan fingerprint density at radius 3 is 2.79 bits per heavy atom. The number of carbonyl (C=O) groups excluding carboxylic acids is 2. The van der Waals surface area contributed by atoms with Crippen LogP contribution in [0.15, 0.2) is 18.2 Å². The summed E-state index contributed by atoms with van der Waals surface area (Å²) in [6.07, 6.45) is 0. The average Bonchev–Trinajstić information content (AvgIpc) is 2.14. The van der Waals surface area contributed by atoms with Gasteiger partial charge in [0.1, 0.15) is 5.69 Å². The van der Waals surface area contributed by atoms with E-state index in [1.54, 1.807) is 0 Å². The molecule has 0 atom stereocenters. The second kappa shape index (κ2) is 4.31. The summed E-state index contributed by atoms with van der Waals surface area (Å²) in [5.74, 6) is -2.06. The van der Waals surface area contributed by atoms with Gasteiger partial charge in [-0.25, -0.2) is 4.98 Å². The van der Waals surface area contributed by atoms with Gasteiger partial charge >= 0.3 is 0 Å². The zero-order valence-corrected chi connectivity index (χ0v) is 7.16. The Morgan fingerprint density at radius 1 is 1.50 bits per heavy atom. The van der Waals surface area contributed by atoms with Crippen LogP contribution in [0.2, 0.25) is 0 Å². The first kappa shape index (κ1) is 10.1. The Bertz CT molecular complexity index is 367. The van der Waals surface area contributed by atoms with Gasteiger partial charge < -0.3 is 11.1 Å². The van der Waals surface area contributed by atoms with Crippen LogP contribution < -0.4 is 11.1 Å². The lowest BCUT2D eigenvalue weighted by Gasteiger charge is -2.00. The summed E-state index contributed by atoms with van der Waals surface area (Å²) in [6, 6.07) is 3.80. The number of nitrogens with two attached hydrogens (primary N) is 1. The van der Waals surface area contributed by atoms with Crippen LogP contribution in [-0.2, 0) is 4.79 Å². The van der Waals surface area contributed by atoms with Gasteiger partial charge in [-0.3, -0.25) is 9.59 Å². The number of nitrogens with zero attached hydrogens (tertiary/aromatic N) is 1. The summed E-state index contributed by atoms with van der Waals surface area (Å²) in [6.45, 7) is -0.295. The zero-order valence-electron chi connectivity index (χ0n) is 7.16. The first-order valence-corrected chi connectivity index (χ1v) is 3.78. The van der Waals surface area contributed by atoms with Crippen molar-refractivity contribution in [3.05, 3.63) is 29.8 Å². The van der Waals surface area contributed by atoms with Crippen molar-refractivity contribution in [3.8, 4) is 0 Å². The molecule has 5 nitrogen and oxygen atoms in total. The normalized spacial score (nSPS) is 9.50. The number of amides is 2. The lowest BCUT2D eigenvalue weighted by molar-refractivity contribution is -0.117. The Morgan fingerprint density at radius 2 is 2.21 bits per heavy atom. The van der Waals surface area contributed by atoms with E-state index in [0.717, 1.165) is 6.07 Å². The Hall–Kier alpha value is -1.98. The maximum Gasteiger partial charge on any atom is 0.270 e. The van der Waals surface area contributed by atoms with E-state index in [-0.39, 0.29) is 12.2 Å². The van der Waals surface area contributed by atoms with Gasteiger partial charge in [-0.1, -0.05) is 6.07 Å². The molecule has 2 amide bonds. The van der Waals surface area contributed by atoms with Gasteiger partial charge in [0.15, 0.2) is 0 Å². The van der Waals surface area contributed by atoms with Crippen molar-refractivity contribution >= 4 is 11.8 Å². The van der Waals surface area contributed by atoms with Crippen LogP contribution in [0.4, 0.5) is 4.39 Å². The van der Waals surface area contributed by atoms with E-state index in [1.165, 1.54) is 12.1 Å². The fourth-order valence-corrected chi connectivity index (χ4v) is 0.793. The smallest absolute Gasteiger partial charge is 0.270 e. The molecule has 1 rings (SSSR count). The number of hydrogen-bond donors (Lipinski definition) is 2. The SMILES string of the molecule is NC(=O)CNC(=O)c1cccc(F)n1. The van der Waals surface area contributed by atoms with E-state index in [9.17, 15) is 14.0 Å². The van der Waals surface area contributed by atoms with Crippen molar-refractivity contribution < 1.29 is 14.0 Å². The molecule has 0 unspecified atom stereocenters. The third-order valence-electron chi connectivity index (χ3n) is 1.37. The van der Waals surface area contributed by atoms with E-state index in [4.69, 9.17) is 5.73 Å². The Labute approximate surface area is 79.1 Å². The minimum Gasteiger partial charge on any atom is -0.368 e. The van der Waals surface area contributed by atoms with Crippen LogP contribution in [0.3, 0.4) is 0 Å². The highest BCUT2D eigenvalue weighted by atomic mass is 19.1. The standard InChI is InChI=1S/C8H8FN3O2/c9-6-3-1-2-5(12-6)8(14)11-4-7(10)13/h1-3H,4H2,(H2,10,13)(H,11,14). The van der Waals surface area contributed by atoms with Gasteiger partial charge in [0.25, 0.3) is 5.91 Å². The number of nitrogens with one attached hydrogen (secondary N) is 1. The molecule has 0 spiro atoms. The number of carbonyl (C=O) groups is 2. The van der Waals surface area contributed by atoms with Crippen LogP contribution in [-0.4, -0.2) is 23.3 Å². The summed E-state index contributed by atoms with van der Waals surface area (Å²) in [5, 5.41) is 2.18. The zero-order chi connectivity index (χ0) is 10.6. The summed E-state index contributed by atoms with van der Waals surface area (Å²) < 4.78 is 12.5. The second-order valence-corrected chi connectivity index (χ2v) is 2.49. The maximum atomic E-state index is 12.5. The highest BCUT2D eigenvalue weighted by molar-refractivity contribution is 5.94. The molecule has 1 heterocycles. The van der Waals surface area contributed by atoms with Crippen LogP contribution in [0, 0.1) is 5.95 Å². The van der Waals surface area contributed by atoms with E-state index >= 15 is 0 Å². The second-order valence-electron chi connectivity index (χ2n) is 2.49. The van der Waals surface area contributed by atoms with Crippen LogP contribution in [0.25, 0.3) is 0 Å². The molecular formula is C8H8FN3O2. The van der Waals surface area contributed by atoms with Gasteiger partial charge in [0.2, 0.25) is 11.9 Å². The van der Waals surface area contributed by atoms with Gasteiger partial charge in [-0.05, 0) is 12.1 Å². The molecule has 1 aromatic heterocycles. The molecule has 0 aliphatic carbocycles. The van der Waals surface area contributed by atoms with E-state index in [1.807, 2.05) is 0 Å². The van der Waals surface area contributed by atoms with Crippen LogP contribution in [0.1, 0.15) is 10.5 Å². The third kappa shape index (κ3) is 2.81. The minimum absolute atomic E-state index is 0.0914. The van der Waals surface area contributed by atoms with Crippen molar-refractivity contribution in [1.29, 1.82) is 0 Å². The fourth-order valence-electron chi connectivity index (χ4n) is 0.793. The molecule has 0 saturated carbocycles. The maximum absolute atomic E-state index is 12.5. The first-order valence-electron chi connectivity index (χ1n) is 3.78. The third-order valence-corrected chi connectivity index (χ3v) is 1.37. The first-order chi connectivity index (χ1) is 6.59. The largest absolute Gasteiger partial charge is 0.368 e. The fraction of sp³-hybridized carbons (Fsp3) is 0.125. The van der Waals surface area contributed by atoms with Gasteiger partial charge in [0.05, 0.1) is 6.54 Å². The van der Waals surface area contributed by atoms with Crippen molar-refractivity contribution in [3.63, 3.8) is 0 Å². The summed E-state index contributed by atoms with van der Waals surface area (Å²) in [4.78, 5) is 24.8. The molecule has 0 fully saturated rings. The van der Waals surface area contributed by atoms with Crippen molar-refractivity contribution in [2.45, 2.75) is 0 Å². The number of halogens is 1. The van der Waals surface area contributed by atoms with Gasteiger partial charge in [-0.15, -0.1) is 0 Å². The topological polar surface area (TPSA) is 85.1 Å². The minimum atomic E-state index is -0.753. The number of rotatable bonds is 3. The number of primary amides is 1. The highest BCUT2D eigenvalue weighted by Crippen LogP contribution is 1.96. The molecule has 6 heteroatoms. The number of hydrogen-bond acceptors (Lipinski definition) is 3. The molecular weight excluding hydrogens is 189 g/mol. The predicted octanol–water partition coefficient (Wildman–Crippen LogP) is -0.564. The lowest BCUT2D eigenvalue weighted by atomic mass is 10.3. The molecule has 74 valence electrons. The number of pyridine rings is 1. The monoisotopic (exact) mass is 197 g/mol. The van der Waals surface area contributed by atoms with E-state index < -0.39 is 17.8 Å². The summed E-state index contributed by atoms with van der Waals surface area (Å²) >= 11 is 0. The molecule has 0 aromatic carbocycles. The highest BCUT2D eigenvalue weighted by Gasteiger charge is 2.07. The van der Waals surface area contributed by atoms with E-state index in [2.05, 4.69) is 10.3 Å². The molecule has 0 bridgehead atoms. The van der Waals surface area contributed by atoms with E-state index in [0.29, 0.717) is 0 Å². The summed E-state index contributed by atoms with van der Waals surface area (Å²) in [5.41, 5.74) is 4.71. The molecule has 0 saturated heterocycles. The van der Waals surface area contributed by atoms with Crippen molar-refractivity contribution in [1.82, 2.24) is 10.3 Å². The Balaban J connectivity index is 2.65. The number of aromatic nitrogens is 1. The van der Waals surface area contributed by atoms with Crippen molar-refractivity contribution in [2.24, 2.45) is 5.73 Å². The predicted molar refractivity (Wildman–Crippen MR) is 45.7 cm³/mol. The molecule has 0 aliphatic heterocycles. The van der Waals surface area contributed by atoms with Gasteiger partial charge in [0, 0.05) is 0 Å². The molecule has 0 aliphatic rings. The van der Waals surface area contributed by atoms with Crippen LogP contribution in [0.5, 0.6) is 0 Å². The molecule has 1 aromatic rings. The quantitative estimate of drug-likeness (QED) is 0.636. The average molecular weight is 197 g/mol. The van der Waals surface area contributed by atoms with Crippen LogP contribution >= 0.6 is 0 Å². The lowest BCUT2D eigenvalue weighted by Crippen LogP contribution is -2.33. The summed E-state index contributed by atoms with van der Waals surface area (Å²) in [7, 11) is 0. The van der Waals surface area contributed by atoms with Crippen molar-refractivity contribution in [2.75, 3.05) is 6.54 Å². The molecule has 14 heavy (non-hydrogen) atoms. The molecule has 3 N–H and O–H groups in total. The molecule has 0 radical (unpaired) electrons. The van der Waals surface area contributed by atoms with Gasteiger partial charge in [-0.2, -0.15) is 4.39 Å². The Kier molecular flexibility index (Phi) is 3.11.